The third-order valence-electron chi connectivity index (χ3n) is 6.37. The first-order valence-corrected chi connectivity index (χ1v) is 15.1. The summed E-state index contributed by atoms with van der Waals surface area (Å²) in [5.74, 6) is 3.31. The molecule has 8 nitrogen and oxygen atoms in total. The molecule has 2 atom stereocenters. The SMILES string of the molecule is C=C(C)COC(C)Oc1ccc(C(C)(C)c2ccc(OC(C)OCC(=C)C)c(OCC)c2OCC)c(OCC)c1OCC. The lowest BCUT2D eigenvalue weighted by Gasteiger charge is -2.32. The molecule has 0 aliphatic carbocycles. The zero-order valence-corrected chi connectivity index (χ0v) is 27.9. The van der Waals surface area contributed by atoms with Crippen molar-refractivity contribution < 1.29 is 37.9 Å². The van der Waals surface area contributed by atoms with Crippen LogP contribution >= 0.6 is 0 Å². The van der Waals surface area contributed by atoms with Gasteiger partial charge in [0.25, 0.3) is 0 Å². The Labute approximate surface area is 258 Å². The molecule has 2 aromatic carbocycles. The minimum absolute atomic E-state index is 0.398. The first kappa shape index (κ1) is 35.8. The fraction of sp³-hybridized carbons (Fsp3) is 0.543. The lowest BCUT2D eigenvalue weighted by Crippen LogP contribution is -2.24. The Morgan fingerprint density at radius 2 is 0.930 bits per heavy atom. The molecule has 0 heterocycles. The predicted molar refractivity (Wildman–Crippen MR) is 171 cm³/mol. The van der Waals surface area contributed by atoms with Gasteiger partial charge in [0, 0.05) is 16.5 Å². The lowest BCUT2D eigenvalue weighted by atomic mass is 9.76. The molecule has 2 aromatic rings. The molecule has 2 rings (SSSR count). The quantitative estimate of drug-likeness (QED) is 0.111. The average molecular weight is 601 g/mol. The summed E-state index contributed by atoms with van der Waals surface area (Å²) < 4.78 is 48.7. The molecule has 0 amide bonds. The number of benzene rings is 2. The molecule has 0 aliphatic rings. The van der Waals surface area contributed by atoms with Crippen LogP contribution in [0.1, 0.15) is 80.4 Å². The van der Waals surface area contributed by atoms with Crippen LogP contribution in [0.15, 0.2) is 48.6 Å². The molecular formula is C35H52O8. The summed E-state index contributed by atoms with van der Waals surface area (Å²) in [7, 11) is 0. The van der Waals surface area contributed by atoms with Crippen molar-refractivity contribution in [1.29, 1.82) is 0 Å². The molecule has 240 valence electrons. The Bertz CT molecular complexity index is 1110. The molecule has 0 aliphatic heterocycles. The van der Waals surface area contributed by atoms with Crippen LogP contribution in [0.25, 0.3) is 0 Å². The summed E-state index contributed by atoms with van der Waals surface area (Å²) in [6.45, 7) is 29.8. The van der Waals surface area contributed by atoms with E-state index in [1.807, 2.05) is 79.7 Å². The van der Waals surface area contributed by atoms with E-state index in [2.05, 4.69) is 27.0 Å². The third-order valence-corrected chi connectivity index (χ3v) is 6.37. The normalized spacial score (nSPS) is 12.7. The lowest BCUT2D eigenvalue weighted by molar-refractivity contribution is -0.0588. The minimum atomic E-state index is -0.617. The van der Waals surface area contributed by atoms with Crippen LogP contribution in [0.5, 0.6) is 34.5 Å². The van der Waals surface area contributed by atoms with E-state index in [1.165, 1.54) is 0 Å². The molecule has 8 heteroatoms. The van der Waals surface area contributed by atoms with Gasteiger partial charge >= 0.3 is 0 Å². The van der Waals surface area contributed by atoms with Crippen LogP contribution in [0, 0.1) is 0 Å². The first-order valence-electron chi connectivity index (χ1n) is 15.1. The van der Waals surface area contributed by atoms with Crippen molar-refractivity contribution in [3.63, 3.8) is 0 Å². The van der Waals surface area contributed by atoms with Crippen LogP contribution < -0.4 is 28.4 Å². The maximum Gasteiger partial charge on any atom is 0.204 e. The standard InChI is InChI=1S/C35H52O8/c1-13-36-31-27(17-19-29(33(31)38-15-3)42-25(9)40-21-23(5)6)35(11,12)28-18-20-30(43-26(10)41-22-24(7)8)34(39-16-4)32(28)37-14-2/h17-20,25-26H,5,7,13-16,21-22H2,1-4,6,8-12H3. The second-order valence-electron chi connectivity index (χ2n) is 10.8. The monoisotopic (exact) mass is 600 g/mol. The van der Waals surface area contributed by atoms with Crippen molar-refractivity contribution in [3.05, 3.63) is 59.7 Å². The Kier molecular flexibility index (Phi) is 14.2. The van der Waals surface area contributed by atoms with Gasteiger partial charge < -0.3 is 37.9 Å². The van der Waals surface area contributed by atoms with Crippen LogP contribution in [0.4, 0.5) is 0 Å². The van der Waals surface area contributed by atoms with Gasteiger partial charge in [-0.05, 0) is 67.5 Å². The molecule has 0 bridgehead atoms. The van der Waals surface area contributed by atoms with Gasteiger partial charge in [0.1, 0.15) is 0 Å². The molecule has 43 heavy (non-hydrogen) atoms. The average Bonchev–Trinajstić information content (AvgIpc) is 2.94. The fourth-order valence-electron chi connectivity index (χ4n) is 4.49. The summed E-state index contributed by atoms with van der Waals surface area (Å²) in [6, 6.07) is 7.80. The van der Waals surface area contributed by atoms with E-state index in [9.17, 15) is 0 Å². The van der Waals surface area contributed by atoms with Gasteiger partial charge in [-0.15, -0.1) is 0 Å². The maximum atomic E-state index is 6.27. The van der Waals surface area contributed by atoms with Crippen molar-refractivity contribution in [2.45, 2.75) is 87.2 Å². The van der Waals surface area contributed by atoms with E-state index in [0.29, 0.717) is 74.1 Å². The Balaban J connectivity index is 2.68. The smallest absolute Gasteiger partial charge is 0.204 e. The van der Waals surface area contributed by atoms with E-state index < -0.39 is 18.0 Å². The summed E-state index contributed by atoms with van der Waals surface area (Å²) in [6.07, 6.45) is -1.03. The molecular weight excluding hydrogens is 548 g/mol. The van der Waals surface area contributed by atoms with Crippen LogP contribution in [-0.2, 0) is 14.9 Å². The highest BCUT2D eigenvalue weighted by Crippen LogP contribution is 2.52. The molecule has 0 radical (unpaired) electrons. The molecule has 0 N–H and O–H groups in total. The molecule has 0 aromatic heterocycles. The second-order valence-corrected chi connectivity index (χ2v) is 10.8. The highest BCUT2D eigenvalue weighted by Gasteiger charge is 2.35. The first-order chi connectivity index (χ1) is 20.4. The van der Waals surface area contributed by atoms with E-state index in [1.54, 1.807) is 0 Å². The summed E-state index contributed by atoms with van der Waals surface area (Å²) >= 11 is 0. The second kappa shape index (κ2) is 17.1. The molecule has 0 saturated carbocycles. The Hall–Kier alpha value is -3.36. The predicted octanol–water partition coefficient (Wildman–Crippen LogP) is 8.24. The topological polar surface area (TPSA) is 73.8 Å². The Morgan fingerprint density at radius 1 is 0.605 bits per heavy atom. The number of ether oxygens (including phenoxy) is 8. The summed E-state index contributed by atoms with van der Waals surface area (Å²) in [5.41, 5.74) is 3.00. The Morgan fingerprint density at radius 3 is 1.23 bits per heavy atom. The van der Waals surface area contributed by atoms with Crippen molar-refractivity contribution in [1.82, 2.24) is 0 Å². The highest BCUT2D eigenvalue weighted by molar-refractivity contribution is 5.64. The number of rotatable bonds is 20. The van der Waals surface area contributed by atoms with Crippen LogP contribution in [-0.4, -0.2) is 52.2 Å². The highest BCUT2D eigenvalue weighted by atomic mass is 16.7. The fourth-order valence-corrected chi connectivity index (χ4v) is 4.49. The third kappa shape index (κ3) is 9.83. The maximum absolute atomic E-state index is 6.27. The van der Waals surface area contributed by atoms with Gasteiger partial charge in [0.2, 0.25) is 11.5 Å². The van der Waals surface area contributed by atoms with Crippen LogP contribution in [0.3, 0.4) is 0 Å². The zero-order valence-electron chi connectivity index (χ0n) is 27.9. The van der Waals surface area contributed by atoms with Crippen molar-refractivity contribution in [2.75, 3.05) is 39.6 Å². The molecule has 0 fully saturated rings. The number of hydrogen-bond acceptors (Lipinski definition) is 8. The minimum Gasteiger partial charge on any atom is -0.490 e. The largest absolute Gasteiger partial charge is 0.490 e. The van der Waals surface area contributed by atoms with Crippen molar-refractivity contribution in [2.24, 2.45) is 0 Å². The van der Waals surface area contributed by atoms with E-state index in [4.69, 9.17) is 37.9 Å². The van der Waals surface area contributed by atoms with Gasteiger partial charge in [0.15, 0.2) is 35.6 Å². The van der Waals surface area contributed by atoms with Gasteiger partial charge in [-0.2, -0.15) is 0 Å². The molecule has 0 spiro atoms. The molecule has 2 unspecified atom stereocenters. The number of hydrogen-bond donors (Lipinski definition) is 0. The summed E-state index contributed by atoms with van der Waals surface area (Å²) in [4.78, 5) is 0. The van der Waals surface area contributed by atoms with Gasteiger partial charge in [-0.3, -0.25) is 0 Å². The summed E-state index contributed by atoms with van der Waals surface area (Å²) in [5, 5.41) is 0. The van der Waals surface area contributed by atoms with Gasteiger partial charge in [-0.25, -0.2) is 0 Å². The van der Waals surface area contributed by atoms with E-state index >= 15 is 0 Å². The van der Waals surface area contributed by atoms with Crippen LogP contribution in [0.2, 0.25) is 0 Å². The van der Waals surface area contributed by atoms with Crippen molar-refractivity contribution in [3.8, 4) is 34.5 Å². The van der Waals surface area contributed by atoms with Gasteiger partial charge in [0.05, 0.1) is 39.6 Å². The van der Waals surface area contributed by atoms with E-state index in [-0.39, 0.29) is 0 Å². The molecule has 0 saturated heterocycles. The van der Waals surface area contributed by atoms with Gasteiger partial charge in [-0.1, -0.05) is 50.3 Å². The van der Waals surface area contributed by atoms with Crippen molar-refractivity contribution >= 4 is 0 Å². The van der Waals surface area contributed by atoms with E-state index in [0.717, 1.165) is 22.3 Å². The zero-order chi connectivity index (χ0) is 32.2.